The molecular weight excluding hydrogens is 554 g/mol. The van der Waals surface area contributed by atoms with Crippen LogP contribution in [0.25, 0.3) is 22.1 Å². The number of nitrogens with one attached hydrogen (secondary N) is 1. The van der Waals surface area contributed by atoms with E-state index in [4.69, 9.17) is 16.0 Å². The third kappa shape index (κ3) is 5.26. The molecule has 0 radical (unpaired) electrons. The lowest BCUT2D eigenvalue weighted by Gasteiger charge is -2.15. The Bertz CT molecular complexity index is 1530. The van der Waals surface area contributed by atoms with Crippen molar-refractivity contribution in [2.75, 3.05) is 5.32 Å². The van der Waals surface area contributed by atoms with Crippen LogP contribution in [0.1, 0.15) is 16.7 Å². The molecule has 1 N–H and O–H groups in total. The van der Waals surface area contributed by atoms with E-state index < -0.39 is 41.2 Å². The molecule has 180 valence electrons. The SMILES string of the molecule is Cc1cc2oc(=O)c(CC(=O)Nc3ccc(F)cc3C(F)(F)F)c(-c3cccc(Br)c3)c2cc1Cl. The lowest BCUT2D eigenvalue weighted by atomic mass is 9.94. The minimum atomic E-state index is -4.90. The van der Waals surface area contributed by atoms with E-state index in [-0.39, 0.29) is 17.2 Å². The summed E-state index contributed by atoms with van der Waals surface area (Å²) in [6.45, 7) is 1.74. The molecule has 0 aliphatic rings. The topological polar surface area (TPSA) is 59.3 Å². The predicted molar refractivity (Wildman–Crippen MR) is 129 cm³/mol. The Labute approximate surface area is 209 Å². The lowest BCUT2D eigenvalue weighted by molar-refractivity contribution is -0.137. The van der Waals surface area contributed by atoms with E-state index in [1.807, 2.05) is 0 Å². The summed E-state index contributed by atoms with van der Waals surface area (Å²) in [6, 6.07) is 12.1. The van der Waals surface area contributed by atoms with Gasteiger partial charge in [-0.3, -0.25) is 4.79 Å². The highest BCUT2D eigenvalue weighted by Gasteiger charge is 2.34. The summed E-state index contributed by atoms with van der Waals surface area (Å²) in [4.78, 5) is 25.8. The molecule has 0 saturated carbocycles. The van der Waals surface area contributed by atoms with Gasteiger partial charge >= 0.3 is 11.8 Å². The molecule has 4 rings (SSSR count). The molecule has 1 heterocycles. The van der Waals surface area contributed by atoms with Gasteiger partial charge in [0.25, 0.3) is 0 Å². The van der Waals surface area contributed by atoms with Gasteiger partial charge < -0.3 is 9.73 Å². The highest BCUT2D eigenvalue weighted by molar-refractivity contribution is 9.10. The summed E-state index contributed by atoms with van der Waals surface area (Å²) in [7, 11) is 0. The highest BCUT2D eigenvalue weighted by Crippen LogP contribution is 2.37. The van der Waals surface area contributed by atoms with Crippen molar-refractivity contribution in [3.63, 3.8) is 0 Å². The van der Waals surface area contributed by atoms with E-state index in [1.165, 1.54) is 0 Å². The zero-order chi connectivity index (χ0) is 25.5. The Morgan fingerprint density at radius 2 is 1.86 bits per heavy atom. The van der Waals surface area contributed by atoms with E-state index in [0.29, 0.717) is 31.6 Å². The predicted octanol–water partition coefficient (Wildman–Crippen LogP) is 7.52. The zero-order valence-corrected chi connectivity index (χ0v) is 20.2. The molecule has 0 aliphatic heterocycles. The Kier molecular flexibility index (Phi) is 6.75. The first-order chi connectivity index (χ1) is 16.4. The van der Waals surface area contributed by atoms with Crippen LogP contribution in [0.2, 0.25) is 5.02 Å². The van der Waals surface area contributed by atoms with Crippen molar-refractivity contribution in [2.45, 2.75) is 19.5 Å². The largest absolute Gasteiger partial charge is 0.422 e. The molecule has 0 atom stereocenters. The Morgan fingerprint density at radius 1 is 1.11 bits per heavy atom. The molecule has 0 fully saturated rings. The quantitative estimate of drug-likeness (QED) is 0.205. The average Bonchev–Trinajstić information content (AvgIpc) is 2.76. The van der Waals surface area contributed by atoms with E-state index in [2.05, 4.69) is 21.2 Å². The van der Waals surface area contributed by atoms with E-state index in [1.54, 1.807) is 43.3 Å². The first-order valence-corrected chi connectivity index (χ1v) is 11.3. The van der Waals surface area contributed by atoms with Crippen molar-refractivity contribution in [3.05, 3.63) is 97.0 Å². The number of carbonyl (C=O) groups is 1. The fourth-order valence-electron chi connectivity index (χ4n) is 3.71. The highest BCUT2D eigenvalue weighted by atomic mass is 79.9. The first-order valence-electron chi connectivity index (χ1n) is 10.1. The molecule has 4 aromatic rings. The van der Waals surface area contributed by atoms with Gasteiger partial charge in [-0.2, -0.15) is 13.2 Å². The number of halogens is 6. The molecule has 35 heavy (non-hydrogen) atoms. The van der Waals surface area contributed by atoms with E-state index >= 15 is 0 Å². The number of hydrogen-bond donors (Lipinski definition) is 1. The fraction of sp³-hybridized carbons (Fsp3) is 0.120. The van der Waals surface area contributed by atoms with Crippen LogP contribution in [0.3, 0.4) is 0 Å². The summed E-state index contributed by atoms with van der Waals surface area (Å²) in [5.74, 6) is -2.02. The van der Waals surface area contributed by atoms with Gasteiger partial charge in [0.1, 0.15) is 11.4 Å². The van der Waals surface area contributed by atoms with Gasteiger partial charge in [0.2, 0.25) is 5.91 Å². The van der Waals surface area contributed by atoms with Crippen LogP contribution >= 0.6 is 27.5 Å². The molecule has 0 saturated heterocycles. The number of anilines is 1. The standard InChI is InChI=1S/C25H15BrClF4NO3/c1-12-7-21-16(10-19(12)27)23(13-3-2-4-14(26)8-13)17(24(34)35-21)11-22(33)32-20-6-5-15(28)9-18(20)25(29,30)31/h2-10H,11H2,1H3,(H,32,33). The molecule has 1 aromatic heterocycles. The van der Waals surface area contributed by atoms with Gasteiger partial charge in [0.05, 0.1) is 23.2 Å². The monoisotopic (exact) mass is 567 g/mol. The van der Waals surface area contributed by atoms with Crippen molar-refractivity contribution in [3.8, 4) is 11.1 Å². The average molecular weight is 569 g/mol. The molecule has 4 nitrogen and oxygen atoms in total. The maximum absolute atomic E-state index is 13.4. The number of aryl methyl sites for hydroxylation is 1. The van der Waals surface area contributed by atoms with Gasteiger partial charge in [0, 0.05) is 20.4 Å². The van der Waals surface area contributed by atoms with Crippen LogP contribution in [0.15, 0.2) is 68.3 Å². The minimum Gasteiger partial charge on any atom is -0.422 e. The Hall–Kier alpha value is -3.17. The van der Waals surface area contributed by atoms with Gasteiger partial charge in [-0.25, -0.2) is 9.18 Å². The maximum Gasteiger partial charge on any atom is 0.418 e. The molecule has 0 bridgehead atoms. The van der Waals surface area contributed by atoms with Gasteiger partial charge in [-0.05, 0) is 60.5 Å². The van der Waals surface area contributed by atoms with Crippen LogP contribution in [-0.4, -0.2) is 5.91 Å². The van der Waals surface area contributed by atoms with Crippen molar-refractivity contribution in [1.29, 1.82) is 0 Å². The normalized spacial score (nSPS) is 11.6. The number of hydrogen-bond acceptors (Lipinski definition) is 3. The van der Waals surface area contributed by atoms with Crippen LogP contribution in [0.5, 0.6) is 0 Å². The molecular formula is C25H15BrClF4NO3. The molecule has 3 aromatic carbocycles. The molecule has 1 amide bonds. The van der Waals surface area contributed by atoms with E-state index in [9.17, 15) is 27.2 Å². The second-order valence-corrected chi connectivity index (χ2v) is 9.09. The fourth-order valence-corrected chi connectivity index (χ4v) is 4.27. The maximum atomic E-state index is 13.4. The third-order valence-corrected chi connectivity index (χ3v) is 6.19. The number of benzene rings is 3. The van der Waals surface area contributed by atoms with Crippen molar-refractivity contribution >= 4 is 50.1 Å². The molecule has 10 heteroatoms. The van der Waals surface area contributed by atoms with Crippen LogP contribution in [0.4, 0.5) is 23.2 Å². The van der Waals surface area contributed by atoms with Gasteiger partial charge in [-0.1, -0.05) is 39.7 Å². The molecule has 0 unspecified atom stereocenters. The molecule has 0 aliphatic carbocycles. The lowest BCUT2D eigenvalue weighted by Crippen LogP contribution is -2.22. The number of rotatable bonds is 4. The summed E-state index contributed by atoms with van der Waals surface area (Å²) in [6.07, 6.45) is -5.50. The third-order valence-electron chi connectivity index (χ3n) is 5.29. The Balaban J connectivity index is 1.84. The first kappa shape index (κ1) is 24.9. The summed E-state index contributed by atoms with van der Waals surface area (Å²) in [5.41, 5.74) is -1.01. The summed E-state index contributed by atoms with van der Waals surface area (Å²) in [5, 5.41) is 3.00. The van der Waals surface area contributed by atoms with Crippen LogP contribution in [-0.2, 0) is 17.4 Å². The van der Waals surface area contributed by atoms with Crippen molar-refractivity contribution in [1.82, 2.24) is 0 Å². The Morgan fingerprint density at radius 3 is 2.54 bits per heavy atom. The second kappa shape index (κ2) is 9.47. The van der Waals surface area contributed by atoms with E-state index in [0.717, 1.165) is 12.1 Å². The second-order valence-electron chi connectivity index (χ2n) is 7.76. The number of fused-ring (bicyclic) bond motifs is 1. The minimum absolute atomic E-state index is 0.0660. The van der Waals surface area contributed by atoms with Gasteiger partial charge in [-0.15, -0.1) is 0 Å². The van der Waals surface area contributed by atoms with Crippen LogP contribution < -0.4 is 10.9 Å². The number of carbonyl (C=O) groups excluding carboxylic acids is 1. The summed E-state index contributed by atoms with van der Waals surface area (Å²) < 4.78 is 59.6. The number of amides is 1. The van der Waals surface area contributed by atoms with Crippen molar-refractivity contribution in [2.24, 2.45) is 0 Å². The smallest absolute Gasteiger partial charge is 0.418 e. The number of alkyl halides is 3. The molecule has 0 spiro atoms. The van der Waals surface area contributed by atoms with Crippen LogP contribution in [0, 0.1) is 12.7 Å². The zero-order valence-electron chi connectivity index (χ0n) is 17.9. The summed E-state index contributed by atoms with van der Waals surface area (Å²) >= 11 is 9.69. The van der Waals surface area contributed by atoms with Crippen molar-refractivity contribution < 1.29 is 26.8 Å². The van der Waals surface area contributed by atoms with Gasteiger partial charge in [0.15, 0.2) is 0 Å².